The van der Waals surface area contributed by atoms with Crippen LogP contribution in [0.1, 0.15) is 28.4 Å². The fourth-order valence-electron chi connectivity index (χ4n) is 2.09. The highest BCUT2D eigenvalue weighted by molar-refractivity contribution is 5.89. The molecule has 0 bridgehead atoms. The highest BCUT2D eigenvalue weighted by Crippen LogP contribution is 2.31. The Balaban J connectivity index is 2.29. The van der Waals surface area contributed by atoms with E-state index in [1.165, 1.54) is 18.2 Å². The highest BCUT2D eigenvalue weighted by Gasteiger charge is 2.37. The van der Waals surface area contributed by atoms with E-state index in [1.54, 1.807) is 19.3 Å². The van der Waals surface area contributed by atoms with Crippen molar-refractivity contribution >= 4 is 11.9 Å². The Labute approximate surface area is 104 Å². The monoisotopic (exact) mass is 250 g/mol. The molecule has 0 spiro atoms. The molecule has 2 atom stereocenters. The van der Waals surface area contributed by atoms with Gasteiger partial charge in [0.2, 0.25) is 0 Å². The number of aromatic nitrogens is 1. The molecule has 0 radical (unpaired) electrons. The van der Waals surface area contributed by atoms with E-state index in [4.69, 9.17) is 0 Å². The number of hydrogen-bond donors (Lipinski definition) is 1. The lowest BCUT2D eigenvalue weighted by Gasteiger charge is -2.19. The summed E-state index contributed by atoms with van der Waals surface area (Å²) in [4.78, 5) is 28.3. The van der Waals surface area contributed by atoms with Crippen molar-refractivity contribution in [3.05, 3.63) is 29.6 Å². The van der Waals surface area contributed by atoms with E-state index in [1.807, 2.05) is 0 Å². The molecule has 2 unspecified atom stereocenters. The molecule has 18 heavy (non-hydrogen) atoms. The third kappa shape index (κ3) is 2.06. The predicted octanol–water partition coefficient (Wildman–Crippen LogP) is 0.132. The maximum atomic E-state index is 11.5. The number of aliphatic hydroxyl groups excluding tert-OH is 1. The molecule has 1 fully saturated rings. The second kappa shape index (κ2) is 4.73. The number of rotatable bonds is 2. The first kappa shape index (κ1) is 12.5. The van der Waals surface area contributed by atoms with Gasteiger partial charge in [-0.15, -0.1) is 0 Å². The number of carbonyl (C=O) groups excluding carboxylic acids is 2. The molecule has 6 heteroatoms. The van der Waals surface area contributed by atoms with Gasteiger partial charge < -0.3 is 14.7 Å². The minimum atomic E-state index is -0.984. The molecule has 1 saturated heterocycles. The summed E-state index contributed by atoms with van der Waals surface area (Å²) >= 11 is 0. The van der Waals surface area contributed by atoms with Gasteiger partial charge >= 0.3 is 5.97 Å². The van der Waals surface area contributed by atoms with Crippen molar-refractivity contribution in [2.75, 3.05) is 14.2 Å². The van der Waals surface area contributed by atoms with Gasteiger partial charge in [-0.3, -0.25) is 9.78 Å². The number of aliphatic hydroxyl groups is 1. The Kier molecular flexibility index (Phi) is 3.29. The number of likely N-dealkylation sites (N-methyl/N-ethyl adjacent to an activating group) is 1. The Bertz CT molecular complexity index is 489. The lowest BCUT2D eigenvalue weighted by molar-refractivity contribution is -0.134. The third-order valence-corrected chi connectivity index (χ3v) is 3.11. The van der Waals surface area contributed by atoms with Crippen LogP contribution in [0.4, 0.5) is 0 Å². The van der Waals surface area contributed by atoms with Crippen LogP contribution in [0.3, 0.4) is 0 Å². The average Bonchev–Trinajstić information content (AvgIpc) is 2.66. The van der Waals surface area contributed by atoms with E-state index in [0.717, 1.165) is 0 Å². The van der Waals surface area contributed by atoms with Crippen molar-refractivity contribution in [2.24, 2.45) is 0 Å². The summed E-state index contributed by atoms with van der Waals surface area (Å²) in [5, 5.41) is 9.52. The van der Waals surface area contributed by atoms with Gasteiger partial charge in [0.05, 0.1) is 18.7 Å². The van der Waals surface area contributed by atoms with Gasteiger partial charge in [0, 0.05) is 25.9 Å². The maximum Gasteiger partial charge on any atom is 0.339 e. The molecule has 6 nitrogen and oxygen atoms in total. The first-order valence-corrected chi connectivity index (χ1v) is 5.52. The zero-order valence-corrected chi connectivity index (χ0v) is 10.2. The maximum absolute atomic E-state index is 11.5. The van der Waals surface area contributed by atoms with E-state index in [2.05, 4.69) is 9.72 Å². The van der Waals surface area contributed by atoms with Crippen molar-refractivity contribution in [2.45, 2.75) is 18.6 Å². The molecule has 2 heterocycles. The lowest BCUT2D eigenvalue weighted by Crippen LogP contribution is -2.26. The van der Waals surface area contributed by atoms with Crippen molar-refractivity contribution < 1.29 is 19.4 Å². The van der Waals surface area contributed by atoms with Crippen LogP contribution in [-0.2, 0) is 9.53 Å². The summed E-state index contributed by atoms with van der Waals surface area (Å²) in [6, 6.07) is 1.37. The molecule has 1 aromatic heterocycles. The molecule has 1 aliphatic rings. The van der Waals surface area contributed by atoms with Gasteiger partial charge in [-0.2, -0.15) is 0 Å². The van der Waals surface area contributed by atoms with Crippen molar-refractivity contribution in [3.63, 3.8) is 0 Å². The van der Waals surface area contributed by atoms with Crippen molar-refractivity contribution in [1.29, 1.82) is 0 Å². The summed E-state index contributed by atoms with van der Waals surface area (Å²) in [6.07, 6.45) is 2.31. The minimum Gasteiger partial charge on any atom is -0.465 e. The average molecular weight is 250 g/mol. The quantitative estimate of drug-likeness (QED) is 0.755. The first-order chi connectivity index (χ1) is 8.54. The SMILES string of the molecule is COC(=O)c1cncc(C2CC(O)C(=O)N2C)c1. The summed E-state index contributed by atoms with van der Waals surface area (Å²) < 4.78 is 4.61. The second-order valence-corrected chi connectivity index (χ2v) is 4.21. The van der Waals surface area contributed by atoms with Gasteiger partial charge in [-0.1, -0.05) is 0 Å². The van der Waals surface area contributed by atoms with Crippen LogP contribution >= 0.6 is 0 Å². The molecule has 0 saturated carbocycles. The van der Waals surface area contributed by atoms with Gasteiger partial charge in [0.1, 0.15) is 6.10 Å². The zero-order chi connectivity index (χ0) is 13.3. The van der Waals surface area contributed by atoms with Gasteiger partial charge in [-0.25, -0.2) is 4.79 Å². The summed E-state index contributed by atoms with van der Waals surface area (Å²) in [5.74, 6) is -0.791. The molecule has 1 aliphatic heterocycles. The van der Waals surface area contributed by atoms with E-state index >= 15 is 0 Å². The Morgan fingerprint density at radius 2 is 2.28 bits per heavy atom. The summed E-state index contributed by atoms with van der Waals surface area (Å²) in [7, 11) is 2.91. The number of pyridine rings is 1. The van der Waals surface area contributed by atoms with Crippen LogP contribution in [0, 0.1) is 0 Å². The number of ether oxygens (including phenoxy) is 1. The standard InChI is InChI=1S/C12H14N2O4/c1-14-9(4-10(15)11(14)16)7-3-8(6-13-5-7)12(17)18-2/h3,5-6,9-10,15H,4H2,1-2H3. The first-order valence-electron chi connectivity index (χ1n) is 5.52. The van der Waals surface area contributed by atoms with E-state index in [-0.39, 0.29) is 11.9 Å². The molecule has 0 aromatic carbocycles. The Morgan fingerprint density at radius 1 is 1.56 bits per heavy atom. The number of methoxy groups -OCH3 is 1. The molecule has 96 valence electrons. The highest BCUT2D eigenvalue weighted by atomic mass is 16.5. The Morgan fingerprint density at radius 3 is 2.83 bits per heavy atom. The smallest absolute Gasteiger partial charge is 0.339 e. The largest absolute Gasteiger partial charge is 0.465 e. The number of carbonyl (C=O) groups is 2. The number of amides is 1. The molecule has 1 amide bonds. The summed E-state index contributed by atoms with van der Waals surface area (Å²) in [5.41, 5.74) is 1.04. The van der Waals surface area contributed by atoms with Crippen LogP contribution in [-0.4, -0.2) is 47.1 Å². The molecule has 0 aliphatic carbocycles. The number of hydrogen-bond acceptors (Lipinski definition) is 5. The molecule has 1 N–H and O–H groups in total. The normalized spacial score (nSPS) is 23.3. The third-order valence-electron chi connectivity index (χ3n) is 3.11. The van der Waals surface area contributed by atoms with Crippen LogP contribution in [0.25, 0.3) is 0 Å². The Hall–Kier alpha value is -1.95. The fraction of sp³-hybridized carbons (Fsp3) is 0.417. The fourth-order valence-corrected chi connectivity index (χ4v) is 2.09. The molecule has 2 rings (SSSR count). The summed E-state index contributed by atoms with van der Waals surface area (Å²) in [6.45, 7) is 0. The van der Waals surface area contributed by atoms with E-state index in [9.17, 15) is 14.7 Å². The van der Waals surface area contributed by atoms with Crippen LogP contribution in [0.15, 0.2) is 18.5 Å². The zero-order valence-electron chi connectivity index (χ0n) is 10.2. The lowest BCUT2D eigenvalue weighted by atomic mass is 10.0. The predicted molar refractivity (Wildman–Crippen MR) is 61.7 cm³/mol. The number of esters is 1. The second-order valence-electron chi connectivity index (χ2n) is 4.21. The van der Waals surface area contributed by atoms with Crippen LogP contribution in [0.5, 0.6) is 0 Å². The van der Waals surface area contributed by atoms with Crippen LogP contribution in [0.2, 0.25) is 0 Å². The van der Waals surface area contributed by atoms with Gasteiger partial charge in [0.25, 0.3) is 5.91 Å². The number of nitrogens with zero attached hydrogens (tertiary/aromatic N) is 2. The van der Waals surface area contributed by atoms with Crippen molar-refractivity contribution in [1.82, 2.24) is 9.88 Å². The van der Waals surface area contributed by atoms with Crippen molar-refractivity contribution in [3.8, 4) is 0 Å². The molecule has 1 aromatic rings. The molecular formula is C12H14N2O4. The van der Waals surface area contributed by atoms with E-state index in [0.29, 0.717) is 17.5 Å². The minimum absolute atomic E-state index is 0.260. The van der Waals surface area contributed by atoms with Crippen LogP contribution < -0.4 is 0 Å². The van der Waals surface area contributed by atoms with E-state index < -0.39 is 12.1 Å². The van der Waals surface area contributed by atoms with Gasteiger partial charge in [-0.05, 0) is 11.6 Å². The molecular weight excluding hydrogens is 236 g/mol. The number of likely N-dealkylation sites (tertiary alicyclic amines) is 1. The topological polar surface area (TPSA) is 79.7 Å². The van der Waals surface area contributed by atoms with Gasteiger partial charge in [0.15, 0.2) is 0 Å².